The third-order valence-electron chi connectivity index (χ3n) is 3.70. The predicted octanol–water partition coefficient (Wildman–Crippen LogP) is 3.13. The first-order valence-corrected chi connectivity index (χ1v) is 9.35. The number of carbonyl (C=O) groups is 2. The first-order chi connectivity index (χ1) is 14.1. The van der Waals surface area contributed by atoms with Crippen molar-refractivity contribution in [2.75, 3.05) is 24.9 Å². The summed E-state index contributed by atoms with van der Waals surface area (Å²) in [6.07, 6.45) is 0. The number of methoxy groups -OCH3 is 2. The molecule has 0 bridgehead atoms. The highest BCUT2D eigenvalue weighted by atomic mass is 32.1. The minimum atomic E-state index is -0.439. The second-order valence-electron chi connectivity index (χ2n) is 5.73. The van der Waals surface area contributed by atoms with Gasteiger partial charge < -0.3 is 25.4 Å². The number of rotatable bonds is 7. The molecule has 3 amide bonds. The van der Waals surface area contributed by atoms with E-state index >= 15 is 0 Å². The predicted molar refractivity (Wildman–Crippen MR) is 110 cm³/mol. The van der Waals surface area contributed by atoms with Crippen LogP contribution in [0.5, 0.6) is 11.5 Å². The number of ether oxygens (including phenoxy) is 2. The van der Waals surface area contributed by atoms with Gasteiger partial charge in [-0.05, 0) is 12.1 Å². The molecule has 0 spiro atoms. The molecule has 0 unspecified atom stereocenters. The molecule has 29 heavy (non-hydrogen) atoms. The Morgan fingerprint density at radius 2 is 1.62 bits per heavy atom. The number of hydrogen-bond donors (Lipinski definition) is 3. The second kappa shape index (κ2) is 9.51. The molecule has 0 fully saturated rings. The average molecular weight is 413 g/mol. The average Bonchev–Trinajstić information content (AvgIpc) is 3.22. The third-order valence-corrected chi connectivity index (χ3v) is 4.62. The van der Waals surface area contributed by atoms with Crippen LogP contribution in [0.25, 0.3) is 0 Å². The van der Waals surface area contributed by atoms with Crippen LogP contribution in [0.4, 0.5) is 16.2 Å². The molecule has 3 rings (SSSR count). The lowest BCUT2D eigenvalue weighted by molar-refractivity contribution is 0.102. The van der Waals surface area contributed by atoms with Gasteiger partial charge in [-0.25, -0.2) is 4.79 Å². The van der Waals surface area contributed by atoms with Crippen molar-refractivity contribution in [1.82, 2.24) is 15.5 Å². The number of urea groups is 1. The fraction of sp³-hybridized carbons (Fsp3) is 0.158. The van der Waals surface area contributed by atoms with Gasteiger partial charge in [0.15, 0.2) is 0 Å². The van der Waals surface area contributed by atoms with Crippen LogP contribution in [-0.4, -0.2) is 36.4 Å². The van der Waals surface area contributed by atoms with Crippen LogP contribution in [-0.2, 0) is 6.54 Å². The minimum Gasteiger partial charge on any atom is -0.497 e. The van der Waals surface area contributed by atoms with E-state index in [-0.39, 0.29) is 17.5 Å². The van der Waals surface area contributed by atoms with Gasteiger partial charge in [0.05, 0.1) is 20.8 Å². The Hall–Kier alpha value is -3.66. The van der Waals surface area contributed by atoms with Gasteiger partial charge in [-0.2, -0.15) is 0 Å². The van der Waals surface area contributed by atoms with E-state index in [9.17, 15) is 9.59 Å². The van der Waals surface area contributed by atoms with Crippen molar-refractivity contribution < 1.29 is 19.1 Å². The van der Waals surface area contributed by atoms with Gasteiger partial charge in [-0.3, -0.25) is 4.79 Å². The molecule has 0 radical (unpaired) electrons. The Balaban J connectivity index is 1.54. The highest BCUT2D eigenvalue weighted by Gasteiger charge is 2.14. The zero-order valence-electron chi connectivity index (χ0n) is 15.8. The summed E-state index contributed by atoms with van der Waals surface area (Å²) in [5, 5.41) is 16.6. The lowest BCUT2D eigenvalue weighted by Crippen LogP contribution is -2.28. The number of para-hydroxylation sites is 1. The Kier molecular flexibility index (Phi) is 6.59. The molecule has 10 heteroatoms. The molecule has 1 aromatic heterocycles. The fourth-order valence-corrected chi connectivity index (χ4v) is 3.01. The van der Waals surface area contributed by atoms with Gasteiger partial charge in [0.25, 0.3) is 5.91 Å². The Morgan fingerprint density at radius 1 is 0.931 bits per heavy atom. The van der Waals surface area contributed by atoms with Gasteiger partial charge in [0.2, 0.25) is 5.01 Å². The molecule has 150 valence electrons. The standard InChI is InChI=1S/C19H19N5O4S/c1-27-14-8-13(9-15(10-14)28-2)22-19(26)20-11-16-23-24-18(29-16)17(25)21-12-6-4-3-5-7-12/h3-10H,11H2,1-2H3,(H,21,25)(H2,20,22,26). The maximum atomic E-state index is 12.2. The third kappa shape index (κ3) is 5.66. The zero-order chi connectivity index (χ0) is 20.6. The van der Waals surface area contributed by atoms with Gasteiger partial charge in [-0.1, -0.05) is 29.5 Å². The SMILES string of the molecule is COc1cc(NC(=O)NCc2nnc(C(=O)Nc3ccccc3)s2)cc(OC)c1. The molecule has 0 saturated carbocycles. The largest absolute Gasteiger partial charge is 0.497 e. The summed E-state index contributed by atoms with van der Waals surface area (Å²) < 4.78 is 10.3. The summed E-state index contributed by atoms with van der Waals surface area (Å²) in [5.74, 6) is 0.753. The molecule has 9 nitrogen and oxygen atoms in total. The highest BCUT2D eigenvalue weighted by Crippen LogP contribution is 2.25. The quantitative estimate of drug-likeness (QED) is 0.548. The molecule has 3 N–H and O–H groups in total. The van der Waals surface area contributed by atoms with Crippen LogP contribution in [0.2, 0.25) is 0 Å². The summed E-state index contributed by atoms with van der Waals surface area (Å²) in [7, 11) is 3.05. The topological polar surface area (TPSA) is 114 Å². The van der Waals surface area contributed by atoms with Gasteiger partial charge in [0, 0.05) is 29.6 Å². The van der Waals surface area contributed by atoms with E-state index in [1.807, 2.05) is 18.2 Å². The van der Waals surface area contributed by atoms with Crippen LogP contribution < -0.4 is 25.4 Å². The lowest BCUT2D eigenvalue weighted by Gasteiger charge is -2.10. The maximum absolute atomic E-state index is 12.2. The highest BCUT2D eigenvalue weighted by molar-refractivity contribution is 7.13. The van der Waals surface area contributed by atoms with E-state index in [1.54, 1.807) is 30.3 Å². The number of nitrogens with one attached hydrogen (secondary N) is 3. The smallest absolute Gasteiger partial charge is 0.319 e. The molecule has 2 aromatic carbocycles. The summed E-state index contributed by atoms with van der Waals surface area (Å²) >= 11 is 1.10. The fourth-order valence-electron chi connectivity index (χ4n) is 2.33. The first-order valence-electron chi connectivity index (χ1n) is 8.54. The first kappa shape index (κ1) is 20.1. The lowest BCUT2D eigenvalue weighted by atomic mass is 10.3. The van der Waals surface area contributed by atoms with Crippen LogP contribution in [0.3, 0.4) is 0 Å². The number of nitrogens with zero attached hydrogens (tertiary/aromatic N) is 2. The molecule has 0 atom stereocenters. The molecule has 0 aliphatic rings. The van der Waals surface area contributed by atoms with E-state index in [1.165, 1.54) is 14.2 Å². The van der Waals surface area contributed by atoms with Crippen molar-refractivity contribution in [3.05, 3.63) is 58.5 Å². The Labute approximate surface area is 171 Å². The van der Waals surface area contributed by atoms with Crippen LogP contribution in [0, 0.1) is 0 Å². The number of hydrogen-bond acceptors (Lipinski definition) is 7. The van der Waals surface area contributed by atoms with Gasteiger partial charge in [0.1, 0.15) is 16.5 Å². The van der Waals surface area contributed by atoms with Crippen molar-refractivity contribution in [3.63, 3.8) is 0 Å². The number of aromatic nitrogens is 2. The number of carbonyl (C=O) groups excluding carboxylic acids is 2. The summed E-state index contributed by atoms with van der Waals surface area (Å²) in [4.78, 5) is 24.3. The Bertz CT molecular complexity index is 971. The Morgan fingerprint density at radius 3 is 2.28 bits per heavy atom. The normalized spacial score (nSPS) is 10.1. The summed E-state index contributed by atoms with van der Waals surface area (Å²) in [6.45, 7) is 0.128. The van der Waals surface area contributed by atoms with Crippen molar-refractivity contribution in [3.8, 4) is 11.5 Å². The van der Waals surface area contributed by atoms with Crippen molar-refractivity contribution in [2.45, 2.75) is 6.54 Å². The van der Waals surface area contributed by atoms with Crippen LogP contribution >= 0.6 is 11.3 Å². The second-order valence-corrected chi connectivity index (χ2v) is 6.79. The van der Waals surface area contributed by atoms with Crippen molar-refractivity contribution in [2.24, 2.45) is 0 Å². The van der Waals surface area contributed by atoms with E-state index < -0.39 is 6.03 Å². The molecule has 0 saturated heterocycles. The van der Waals surface area contributed by atoms with E-state index in [0.29, 0.717) is 27.9 Å². The molecule has 0 aliphatic carbocycles. The number of anilines is 2. The van der Waals surface area contributed by atoms with Crippen molar-refractivity contribution >= 4 is 34.6 Å². The summed E-state index contributed by atoms with van der Waals surface area (Å²) in [5.41, 5.74) is 1.18. The molecule has 0 aliphatic heterocycles. The molecule has 3 aromatic rings. The molecule has 1 heterocycles. The van der Waals surface area contributed by atoms with E-state index in [2.05, 4.69) is 26.1 Å². The number of benzene rings is 2. The van der Waals surface area contributed by atoms with Gasteiger partial charge in [-0.15, -0.1) is 10.2 Å². The van der Waals surface area contributed by atoms with Gasteiger partial charge >= 0.3 is 6.03 Å². The minimum absolute atomic E-state index is 0.128. The van der Waals surface area contributed by atoms with Crippen LogP contribution in [0.15, 0.2) is 48.5 Å². The zero-order valence-corrected chi connectivity index (χ0v) is 16.6. The van der Waals surface area contributed by atoms with Crippen molar-refractivity contribution in [1.29, 1.82) is 0 Å². The number of amides is 3. The maximum Gasteiger partial charge on any atom is 0.319 e. The van der Waals surface area contributed by atoms with Crippen LogP contribution in [0.1, 0.15) is 14.8 Å². The summed E-state index contributed by atoms with van der Waals surface area (Å²) in [6, 6.07) is 13.6. The molecular weight excluding hydrogens is 394 g/mol. The monoisotopic (exact) mass is 413 g/mol. The van der Waals surface area contributed by atoms with E-state index in [0.717, 1.165) is 11.3 Å². The molecular formula is C19H19N5O4S. The van der Waals surface area contributed by atoms with E-state index in [4.69, 9.17) is 9.47 Å².